The monoisotopic (exact) mass is 512 g/mol. The number of hydrogen-bond acceptors (Lipinski definition) is 5. The molecule has 8 heteroatoms. The lowest BCUT2D eigenvalue weighted by molar-refractivity contribution is 0.288. The molecule has 1 aliphatic carbocycles. The van der Waals surface area contributed by atoms with Crippen molar-refractivity contribution in [2.75, 3.05) is 32.7 Å². The highest BCUT2D eigenvalue weighted by Crippen LogP contribution is 2.30. The molecule has 1 aliphatic rings. The standard InChI is InChI=1S/C21H28N4O3.HI/c1-4-22-21(25-17-8-9-18(26-2)19(11-17)27-3)24-13-16-7-10-20(23-12-16)28-14-15-5-6-15;/h7-12,15H,4-6,13-14H2,1-3H3,(H2,22,24,25);1H. The van der Waals surface area contributed by atoms with E-state index in [9.17, 15) is 0 Å². The van der Waals surface area contributed by atoms with E-state index in [2.05, 4.69) is 20.6 Å². The van der Waals surface area contributed by atoms with Crippen molar-refractivity contribution in [1.82, 2.24) is 10.3 Å². The number of benzene rings is 1. The van der Waals surface area contributed by atoms with Crippen LogP contribution in [0.2, 0.25) is 0 Å². The van der Waals surface area contributed by atoms with Crippen molar-refractivity contribution >= 4 is 35.6 Å². The van der Waals surface area contributed by atoms with Gasteiger partial charge in [-0.25, -0.2) is 9.98 Å². The second-order valence-electron chi connectivity index (χ2n) is 6.65. The van der Waals surface area contributed by atoms with Crippen LogP contribution in [-0.4, -0.2) is 38.3 Å². The number of nitrogens with one attached hydrogen (secondary N) is 2. The van der Waals surface area contributed by atoms with Crippen LogP contribution in [0.15, 0.2) is 41.5 Å². The van der Waals surface area contributed by atoms with Crippen LogP contribution in [0.3, 0.4) is 0 Å². The van der Waals surface area contributed by atoms with Crippen LogP contribution in [0.5, 0.6) is 17.4 Å². The Morgan fingerprint density at radius 2 is 1.93 bits per heavy atom. The van der Waals surface area contributed by atoms with E-state index in [-0.39, 0.29) is 24.0 Å². The first-order valence-corrected chi connectivity index (χ1v) is 9.57. The molecule has 7 nitrogen and oxygen atoms in total. The van der Waals surface area contributed by atoms with Gasteiger partial charge in [-0.3, -0.25) is 0 Å². The minimum absolute atomic E-state index is 0. The molecule has 158 valence electrons. The summed E-state index contributed by atoms with van der Waals surface area (Å²) < 4.78 is 16.3. The van der Waals surface area contributed by atoms with Crippen molar-refractivity contribution in [2.45, 2.75) is 26.3 Å². The highest BCUT2D eigenvalue weighted by molar-refractivity contribution is 14.0. The van der Waals surface area contributed by atoms with Crippen molar-refractivity contribution < 1.29 is 14.2 Å². The Morgan fingerprint density at radius 1 is 1.14 bits per heavy atom. The quantitative estimate of drug-likeness (QED) is 0.300. The molecule has 0 aliphatic heterocycles. The number of pyridine rings is 1. The zero-order valence-electron chi connectivity index (χ0n) is 17.1. The smallest absolute Gasteiger partial charge is 0.213 e. The average Bonchev–Trinajstić information content (AvgIpc) is 3.56. The first-order chi connectivity index (χ1) is 13.7. The number of ether oxygens (including phenoxy) is 3. The van der Waals surface area contributed by atoms with Gasteiger partial charge < -0.3 is 24.8 Å². The highest BCUT2D eigenvalue weighted by atomic mass is 127. The molecule has 1 aromatic carbocycles. The summed E-state index contributed by atoms with van der Waals surface area (Å²) >= 11 is 0. The van der Waals surface area contributed by atoms with Gasteiger partial charge in [0.15, 0.2) is 17.5 Å². The third-order valence-electron chi connectivity index (χ3n) is 4.37. The van der Waals surface area contributed by atoms with Crippen molar-refractivity contribution in [3.8, 4) is 17.4 Å². The number of halogens is 1. The summed E-state index contributed by atoms with van der Waals surface area (Å²) in [5.74, 6) is 3.43. The lowest BCUT2D eigenvalue weighted by Crippen LogP contribution is -2.30. The molecule has 2 aromatic rings. The van der Waals surface area contributed by atoms with Crippen LogP contribution < -0.4 is 24.8 Å². The topological polar surface area (TPSA) is 77.0 Å². The minimum Gasteiger partial charge on any atom is -0.493 e. The Kier molecular flexibility index (Phi) is 9.30. The largest absolute Gasteiger partial charge is 0.493 e. The molecule has 0 amide bonds. The molecular formula is C21H29IN4O3. The van der Waals surface area contributed by atoms with Gasteiger partial charge in [-0.2, -0.15) is 0 Å². The third-order valence-corrected chi connectivity index (χ3v) is 4.37. The van der Waals surface area contributed by atoms with Gasteiger partial charge in [0.2, 0.25) is 5.88 Å². The zero-order chi connectivity index (χ0) is 19.8. The molecule has 1 heterocycles. The van der Waals surface area contributed by atoms with E-state index in [1.165, 1.54) is 12.8 Å². The van der Waals surface area contributed by atoms with Crippen molar-refractivity contribution in [2.24, 2.45) is 10.9 Å². The number of guanidine groups is 1. The van der Waals surface area contributed by atoms with Gasteiger partial charge in [0.1, 0.15) is 0 Å². The van der Waals surface area contributed by atoms with E-state index in [0.717, 1.165) is 30.3 Å². The second-order valence-corrected chi connectivity index (χ2v) is 6.65. The van der Waals surface area contributed by atoms with Gasteiger partial charge in [-0.05, 0) is 43.4 Å². The number of methoxy groups -OCH3 is 2. The summed E-state index contributed by atoms with van der Waals surface area (Å²) in [7, 11) is 3.23. The predicted molar refractivity (Wildman–Crippen MR) is 126 cm³/mol. The Bertz CT molecular complexity index is 795. The van der Waals surface area contributed by atoms with Crippen LogP contribution in [0.25, 0.3) is 0 Å². The van der Waals surface area contributed by atoms with Crippen molar-refractivity contribution in [3.05, 3.63) is 42.1 Å². The SMILES string of the molecule is CCNC(=NCc1ccc(OCC2CC2)nc1)Nc1ccc(OC)c(OC)c1.I. The lowest BCUT2D eigenvalue weighted by Gasteiger charge is -2.14. The summed E-state index contributed by atoms with van der Waals surface area (Å²) in [6.07, 6.45) is 4.35. The van der Waals surface area contributed by atoms with Gasteiger partial charge in [0.05, 0.1) is 27.4 Å². The third kappa shape index (κ3) is 7.26. The molecular weight excluding hydrogens is 483 g/mol. The number of rotatable bonds is 9. The Hall–Kier alpha value is -2.23. The fourth-order valence-corrected chi connectivity index (χ4v) is 2.61. The molecule has 0 unspecified atom stereocenters. The second kappa shape index (κ2) is 11.7. The average molecular weight is 512 g/mol. The summed E-state index contributed by atoms with van der Waals surface area (Å²) in [5.41, 5.74) is 1.88. The predicted octanol–water partition coefficient (Wildman–Crippen LogP) is 4.08. The van der Waals surface area contributed by atoms with Crippen molar-refractivity contribution in [3.63, 3.8) is 0 Å². The molecule has 1 fully saturated rings. The molecule has 1 saturated carbocycles. The molecule has 0 atom stereocenters. The maximum Gasteiger partial charge on any atom is 0.213 e. The van der Waals surface area contributed by atoms with Gasteiger partial charge in [-0.1, -0.05) is 6.07 Å². The number of aromatic nitrogens is 1. The normalized spacial score (nSPS) is 13.3. The van der Waals surface area contributed by atoms with Crippen molar-refractivity contribution in [1.29, 1.82) is 0 Å². The van der Waals surface area contributed by atoms with Crippen LogP contribution in [0, 0.1) is 5.92 Å². The first-order valence-electron chi connectivity index (χ1n) is 9.57. The molecule has 2 N–H and O–H groups in total. The molecule has 0 saturated heterocycles. The van der Waals surface area contributed by atoms with Gasteiger partial charge in [0, 0.05) is 30.6 Å². The van der Waals surface area contributed by atoms with E-state index in [1.54, 1.807) is 14.2 Å². The molecule has 0 bridgehead atoms. The van der Waals surface area contributed by atoms with Gasteiger partial charge in [0.25, 0.3) is 0 Å². The fourth-order valence-electron chi connectivity index (χ4n) is 2.61. The maximum atomic E-state index is 5.68. The Morgan fingerprint density at radius 3 is 2.55 bits per heavy atom. The van der Waals surface area contributed by atoms with Crippen LogP contribution in [0.4, 0.5) is 5.69 Å². The number of hydrogen-bond donors (Lipinski definition) is 2. The van der Waals surface area contributed by atoms with E-state index in [4.69, 9.17) is 14.2 Å². The van der Waals surface area contributed by atoms with Crippen LogP contribution >= 0.6 is 24.0 Å². The van der Waals surface area contributed by atoms with Gasteiger partial charge >= 0.3 is 0 Å². The highest BCUT2D eigenvalue weighted by Gasteiger charge is 2.22. The summed E-state index contributed by atoms with van der Waals surface area (Å²) in [6.45, 7) is 4.06. The molecule has 0 radical (unpaired) electrons. The zero-order valence-corrected chi connectivity index (χ0v) is 19.4. The fraction of sp³-hybridized carbons (Fsp3) is 0.429. The van der Waals surface area contributed by atoms with E-state index in [0.29, 0.717) is 29.9 Å². The van der Waals surface area contributed by atoms with Crippen LogP contribution in [-0.2, 0) is 6.54 Å². The summed E-state index contributed by atoms with van der Waals surface area (Å²) in [5, 5.41) is 6.53. The number of aliphatic imine (C=N–C) groups is 1. The van der Waals surface area contributed by atoms with Crippen LogP contribution in [0.1, 0.15) is 25.3 Å². The molecule has 0 spiro atoms. The molecule has 3 rings (SSSR count). The van der Waals surface area contributed by atoms with E-state index >= 15 is 0 Å². The molecule has 29 heavy (non-hydrogen) atoms. The summed E-state index contributed by atoms with van der Waals surface area (Å²) in [6, 6.07) is 9.55. The minimum atomic E-state index is 0. The Balaban J connectivity index is 0.00000300. The summed E-state index contributed by atoms with van der Waals surface area (Å²) in [4.78, 5) is 9.00. The lowest BCUT2D eigenvalue weighted by atomic mass is 10.2. The van der Waals surface area contributed by atoms with E-state index in [1.807, 2.05) is 43.5 Å². The Labute approximate surface area is 189 Å². The number of anilines is 1. The maximum absolute atomic E-state index is 5.68. The van der Waals surface area contributed by atoms with E-state index < -0.39 is 0 Å². The first kappa shape index (κ1) is 23.1. The number of nitrogens with zero attached hydrogens (tertiary/aromatic N) is 2. The molecule has 1 aromatic heterocycles. The van der Waals surface area contributed by atoms with Gasteiger partial charge in [-0.15, -0.1) is 24.0 Å².